The van der Waals surface area contributed by atoms with Gasteiger partial charge < -0.3 is 0 Å². The molecule has 2 aromatic rings. The van der Waals surface area contributed by atoms with Crippen LogP contribution in [0, 0.1) is 0 Å². The summed E-state index contributed by atoms with van der Waals surface area (Å²) in [7, 11) is -7.97. The molecule has 0 fully saturated rings. The second-order valence-electron chi connectivity index (χ2n) is 8.23. The summed E-state index contributed by atoms with van der Waals surface area (Å²) in [5, 5.41) is 0. The molecule has 0 bridgehead atoms. The Kier molecular flexibility index (Phi) is 14.2. The molecule has 0 saturated carbocycles. The van der Waals surface area contributed by atoms with Crippen LogP contribution in [0.4, 0.5) is 0 Å². The number of hydrogen-bond donors (Lipinski definition) is 2. The second kappa shape index (κ2) is 16.0. The van der Waals surface area contributed by atoms with E-state index in [9.17, 15) is 21.4 Å². The topological polar surface area (TPSA) is 109 Å². The van der Waals surface area contributed by atoms with Gasteiger partial charge in [0.05, 0.1) is 4.90 Å². The van der Waals surface area contributed by atoms with Gasteiger partial charge in [-0.2, -0.15) is 16.8 Å². The van der Waals surface area contributed by atoms with E-state index in [-0.39, 0.29) is 10.6 Å². The van der Waals surface area contributed by atoms with Crippen molar-refractivity contribution < 1.29 is 25.9 Å². The Bertz CT molecular complexity index is 987. The Balaban J connectivity index is 0.000000412. The summed E-state index contributed by atoms with van der Waals surface area (Å²) in [6.45, 7) is 2.24. The van der Waals surface area contributed by atoms with E-state index in [1.807, 2.05) is 6.07 Å². The SMILES string of the molecule is CCCCCCCCCCCCc1ccccc1S(=O)(=O)O.O=S(=O)(O)Cc1ccccc1. The van der Waals surface area contributed by atoms with E-state index < -0.39 is 20.2 Å². The lowest BCUT2D eigenvalue weighted by atomic mass is 10.0. The van der Waals surface area contributed by atoms with Crippen LogP contribution in [0.3, 0.4) is 0 Å². The van der Waals surface area contributed by atoms with Crippen LogP contribution >= 0.6 is 0 Å². The van der Waals surface area contributed by atoms with Gasteiger partial charge in [0, 0.05) is 0 Å². The molecule has 6 nitrogen and oxygen atoms in total. The summed E-state index contributed by atoms with van der Waals surface area (Å²) in [6.07, 6.45) is 13.3. The van der Waals surface area contributed by atoms with E-state index in [1.54, 1.807) is 42.5 Å². The molecule has 2 N–H and O–H groups in total. The van der Waals surface area contributed by atoms with Gasteiger partial charge >= 0.3 is 0 Å². The highest BCUT2D eigenvalue weighted by molar-refractivity contribution is 7.86. The monoisotopic (exact) mass is 498 g/mol. The molecule has 33 heavy (non-hydrogen) atoms. The minimum absolute atomic E-state index is 0.0610. The fourth-order valence-electron chi connectivity index (χ4n) is 3.55. The maximum absolute atomic E-state index is 11.3. The largest absolute Gasteiger partial charge is 0.294 e. The van der Waals surface area contributed by atoms with E-state index in [4.69, 9.17) is 4.55 Å². The number of aryl methyl sites for hydroxylation is 1. The molecule has 186 valence electrons. The third-order valence-electron chi connectivity index (χ3n) is 5.24. The first-order chi connectivity index (χ1) is 15.6. The zero-order valence-corrected chi connectivity index (χ0v) is 21.2. The van der Waals surface area contributed by atoms with Crippen molar-refractivity contribution in [3.63, 3.8) is 0 Å². The molecule has 0 aliphatic carbocycles. The van der Waals surface area contributed by atoms with Crippen molar-refractivity contribution >= 4 is 20.2 Å². The molecule has 8 heteroatoms. The van der Waals surface area contributed by atoms with Gasteiger partial charge in [0.25, 0.3) is 20.2 Å². The van der Waals surface area contributed by atoms with Crippen LogP contribution in [0.5, 0.6) is 0 Å². The number of unbranched alkanes of at least 4 members (excludes halogenated alkanes) is 9. The van der Waals surface area contributed by atoms with Gasteiger partial charge in [-0.15, -0.1) is 0 Å². The molecule has 0 aliphatic rings. The lowest BCUT2D eigenvalue weighted by molar-refractivity contribution is 0.479. The summed E-state index contributed by atoms with van der Waals surface area (Å²) in [5.41, 5.74) is 1.32. The first kappa shape index (κ1) is 29.3. The van der Waals surface area contributed by atoms with Crippen LogP contribution < -0.4 is 0 Å². The van der Waals surface area contributed by atoms with E-state index in [0.29, 0.717) is 12.0 Å². The minimum atomic E-state index is -4.10. The van der Waals surface area contributed by atoms with Crippen LogP contribution in [0.2, 0.25) is 0 Å². The first-order valence-corrected chi connectivity index (χ1v) is 14.7. The number of rotatable bonds is 14. The van der Waals surface area contributed by atoms with E-state index in [2.05, 4.69) is 6.92 Å². The molecule has 2 aromatic carbocycles. The first-order valence-electron chi connectivity index (χ1n) is 11.7. The van der Waals surface area contributed by atoms with Crippen molar-refractivity contribution in [1.29, 1.82) is 0 Å². The average Bonchev–Trinajstić information content (AvgIpc) is 2.75. The van der Waals surface area contributed by atoms with Gasteiger partial charge in [0.2, 0.25) is 0 Å². The lowest BCUT2D eigenvalue weighted by Gasteiger charge is -2.07. The highest BCUT2D eigenvalue weighted by atomic mass is 32.2. The Morgan fingerprint density at radius 1 is 0.636 bits per heavy atom. The maximum atomic E-state index is 11.3. The maximum Gasteiger partial charge on any atom is 0.294 e. The van der Waals surface area contributed by atoms with Gasteiger partial charge in [-0.3, -0.25) is 9.11 Å². The van der Waals surface area contributed by atoms with Crippen molar-refractivity contribution in [2.75, 3.05) is 0 Å². The van der Waals surface area contributed by atoms with Crippen molar-refractivity contribution in [2.45, 2.75) is 88.2 Å². The average molecular weight is 499 g/mol. The quantitative estimate of drug-likeness (QED) is 0.228. The fourth-order valence-corrected chi connectivity index (χ4v) is 4.92. The van der Waals surface area contributed by atoms with Crippen LogP contribution in [0.1, 0.15) is 82.3 Å². The lowest BCUT2D eigenvalue weighted by Crippen LogP contribution is -2.03. The van der Waals surface area contributed by atoms with Crippen LogP contribution in [-0.4, -0.2) is 25.9 Å². The van der Waals surface area contributed by atoms with Crippen molar-refractivity contribution in [3.8, 4) is 0 Å². The molecule has 0 aliphatic heterocycles. The Labute approximate surface area is 199 Å². The van der Waals surface area contributed by atoms with Gasteiger partial charge in [-0.1, -0.05) is 113 Å². The smallest absolute Gasteiger partial charge is 0.285 e. The van der Waals surface area contributed by atoms with Gasteiger partial charge in [0.1, 0.15) is 5.75 Å². The highest BCUT2D eigenvalue weighted by Crippen LogP contribution is 2.18. The number of hydrogen-bond acceptors (Lipinski definition) is 4. The molecule has 0 radical (unpaired) electrons. The predicted molar refractivity (Wildman–Crippen MR) is 133 cm³/mol. The van der Waals surface area contributed by atoms with Crippen LogP contribution in [0.25, 0.3) is 0 Å². The molecule has 0 saturated heterocycles. The highest BCUT2D eigenvalue weighted by Gasteiger charge is 2.13. The van der Waals surface area contributed by atoms with Gasteiger partial charge in [-0.05, 0) is 30.0 Å². The molecule has 0 atom stereocenters. The molecular formula is C25H38O6S2. The van der Waals surface area contributed by atoms with Crippen LogP contribution in [-0.2, 0) is 32.4 Å². The molecule has 0 spiro atoms. The molecule has 0 heterocycles. The molecule has 0 aromatic heterocycles. The Morgan fingerprint density at radius 2 is 1.12 bits per heavy atom. The Hall–Kier alpha value is -1.74. The normalized spacial score (nSPS) is 11.6. The molecule has 2 rings (SSSR count). The zero-order valence-electron chi connectivity index (χ0n) is 19.5. The summed E-state index contributed by atoms with van der Waals surface area (Å²) in [5.74, 6) is -0.312. The van der Waals surface area contributed by atoms with E-state index in [0.717, 1.165) is 18.4 Å². The summed E-state index contributed by atoms with van der Waals surface area (Å²) in [4.78, 5) is 0.0610. The molecule has 0 amide bonds. The van der Waals surface area contributed by atoms with Crippen molar-refractivity contribution in [2.24, 2.45) is 0 Å². The number of benzene rings is 2. The van der Waals surface area contributed by atoms with E-state index >= 15 is 0 Å². The molecular weight excluding hydrogens is 460 g/mol. The van der Waals surface area contributed by atoms with E-state index in [1.165, 1.54) is 57.4 Å². The standard InChI is InChI=1S/C18H30O3S.C7H8O3S/c1-2-3-4-5-6-7-8-9-10-11-14-17-15-12-13-16-18(17)22(19,20)21;8-11(9,10)6-7-4-2-1-3-5-7/h12-13,15-16H,2-11,14H2,1H3,(H,19,20,21);1-5H,6H2,(H,8,9,10). The van der Waals surface area contributed by atoms with Crippen molar-refractivity contribution in [3.05, 3.63) is 65.7 Å². The Morgan fingerprint density at radius 3 is 1.64 bits per heavy atom. The molecule has 0 unspecified atom stereocenters. The second-order valence-corrected chi connectivity index (χ2v) is 11.1. The zero-order chi connectivity index (χ0) is 24.6. The van der Waals surface area contributed by atoms with Gasteiger partial charge in [-0.25, -0.2) is 0 Å². The minimum Gasteiger partial charge on any atom is -0.285 e. The summed E-state index contributed by atoms with van der Waals surface area (Å²) >= 11 is 0. The summed E-state index contributed by atoms with van der Waals surface area (Å²) in [6, 6.07) is 15.2. The van der Waals surface area contributed by atoms with Crippen molar-refractivity contribution in [1.82, 2.24) is 0 Å². The van der Waals surface area contributed by atoms with Crippen LogP contribution in [0.15, 0.2) is 59.5 Å². The predicted octanol–water partition coefficient (Wildman–Crippen LogP) is 6.47. The summed E-state index contributed by atoms with van der Waals surface area (Å²) < 4.78 is 60.9. The fraction of sp³-hybridized carbons (Fsp3) is 0.520. The third-order valence-corrected chi connectivity index (χ3v) is 6.89. The third kappa shape index (κ3) is 14.9. The van der Waals surface area contributed by atoms with Gasteiger partial charge in [0.15, 0.2) is 0 Å².